The van der Waals surface area contributed by atoms with Gasteiger partial charge >= 0.3 is 0 Å². The number of aromatic nitrogens is 2. The Morgan fingerprint density at radius 3 is 2.55 bits per heavy atom. The van der Waals surface area contributed by atoms with Gasteiger partial charge in [-0.05, 0) is 37.1 Å². The van der Waals surface area contributed by atoms with Gasteiger partial charge in [0.2, 0.25) is 5.75 Å². The van der Waals surface area contributed by atoms with Crippen LogP contribution in [0.3, 0.4) is 0 Å². The van der Waals surface area contributed by atoms with Gasteiger partial charge in [0.05, 0.1) is 21.3 Å². The number of nitrogens with zero attached hydrogens (tertiary/aromatic N) is 2. The molecule has 162 valence electrons. The molecule has 31 heavy (non-hydrogen) atoms. The molecule has 8 nitrogen and oxygen atoms in total. The summed E-state index contributed by atoms with van der Waals surface area (Å²) < 4.78 is 16.1. The fourth-order valence-corrected chi connectivity index (χ4v) is 4.14. The number of nitrogens with one attached hydrogen (secondary N) is 1. The fourth-order valence-electron chi connectivity index (χ4n) is 4.14. The molecule has 1 saturated heterocycles. The third-order valence-corrected chi connectivity index (χ3v) is 5.68. The smallest absolute Gasteiger partial charge is 0.274 e. The lowest BCUT2D eigenvalue weighted by atomic mass is 9.93. The van der Waals surface area contributed by atoms with E-state index < -0.39 is 0 Å². The third-order valence-electron chi connectivity index (χ3n) is 5.68. The van der Waals surface area contributed by atoms with Crippen LogP contribution in [0.25, 0.3) is 10.9 Å². The maximum atomic E-state index is 13.3. The molecule has 1 aliphatic heterocycles. The zero-order chi connectivity index (χ0) is 22.0. The van der Waals surface area contributed by atoms with Crippen molar-refractivity contribution >= 4 is 16.8 Å². The summed E-state index contributed by atoms with van der Waals surface area (Å²) >= 11 is 0. The van der Waals surface area contributed by atoms with Gasteiger partial charge in [-0.1, -0.05) is 6.07 Å². The first-order valence-electron chi connectivity index (χ1n) is 10.1. The van der Waals surface area contributed by atoms with Gasteiger partial charge in [0.15, 0.2) is 11.5 Å². The number of piperidine rings is 1. The SMILES string of the molecule is COc1cc(C(=O)N2CCC[C@H](c3cc4cccnc4c(=O)[nH]3)C2)cc(OC)c1OC. The van der Waals surface area contributed by atoms with E-state index in [0.29, 0.717) is 41.4 Å². The first-order chi connectivity index (χ1) is 15.0. The Hall–Kier alpha value is -3.55. The summed E-state index contributed by atoms with van der Waals surface area (Å²) in [6.45, 7) is 1.16. The zero-order valence-corrected chi connectivity index (χ0v) is 17.8. The lowest BCUT2D eigenvalue weighted by Gasteiger charge is -2.33. The highest BCUT2D eigenvalue weighted by Crippen LogP contribution is 2.39. The van der Waals surface area contributed by atoms with E-state index >= 15 is 0 Å². The molecule has 1 N–H and O–H groups in total. The topological polar surface area (TPSA) is 93.8 Å². The highest BCUT2D eigenvalue weighted by Gasteiger charge is 2.28. The van der Waals surface area contributed by atoms with Crippen LogP contribution in [0.4, 0.5) is 0 Å². The molecule has 2 aromatic heterocycles. The second kappa shape index (κ2) is 8.67. The molecule has 8 heteroatoms. The van der Waals surface area contributed by atoms with Crippen LogP contribution < -0.4 is 19.8 Å². The van der Waals surface area contributed by atoms with Crippen LogP contribution in [0.15, 0.2) is 41.3 Å². The Balaban J connectivity index is 1.62. The van der Waals surface area contributed by atoms with E-state index in [1.54, 1.807) is 23.2 Å². The summed E-state index contributed by atoms with van der Waals surface area (Å²) in [5, 5.41) is 0.800. The molecule has 1 fully saturated rings. The van der Waals surface area contributed by atoms with Gasteiger partial charge in [-0.2, -0.15) is 0 Å². The van der Waals surface area contributed by atoms with Crippen molar-refractivity contribution in [3.05, 3.63) is 58.1 Å². The molecule has 4 rings (SSSR count). The molecular weight excluding hydrogens is 398 g/mol. The van der Waals surface area contributed by atoms with Crippen molar-refractivity contribution in [2.45, 2.75) is 18.8 Å². The largest absolute Gasteiger partial charge is 0.493 e. The van der Waals surface area contributed by atoms with Crippen molar-refractivity contribution in [2.24, 2.45) is 0 Å². The van der Waals surface area contributed by atoms with Crippen LogP contribution in [0.5, 0.6) is 17.2 Å². The number of fused-ring (bicyclic) bond motifs is 1. The highest BCUT2D eigenvalue weighted by atomic mass is 16.5. The number of methoxy groups -OCH3 is 3. The molecule has 3 aromatic rings. The average molecular weight is 423 g/mol. The molecule has 0 spiro atoms. The highest BCUT2D eigenvalue weighted by molar-refractivity contribution is 5.95. The Morgan fingerprint density at radius 2 is 1.87 bits per heavy atom. The Kier molecular flexibility index (Phi) is 5.79. The van der Waals surface area contributed by atoms with Crippen molar-refractivity contribution < 1.29 is 19.0 Å². The second-order valence-corrected chi connectivity index (χ2v) is 7.50. The molecule has 1 amide bonds. The van der Waals surface area contributed by atoms with Gasteiger partial charge < -0.3 is 24.1 Å². The molecule has 0 bridgehead atoms. The van der Waals surface area contributed by atoms with Crippen LogP contribution in [0.2, 0.25) is 0 Å². The van der Waals surface area contributed by atoms with Crippen LogP contribution in [0.1, 0.15) is 34.8 Å². The van der Waals surface area contributed by atoms with Crippen molar-refractivity contribution in [3.8, 4) is 17.2 Å². The van der Waals surface area contributed by atoms with Gasteiger partial charge in [0.25, 0.3) is 11.5 Å². The summed E-state index contributed by atoms with van der Waals surface area (Å²) in [6.07, 6.45) is 3.34. The molecule has 1 aromatic carbocycles. The normalized spacial score (nSPS) is 16.2. The first kappa shape index (κ1) is 20.7. The number of aromatic amines is 1. The molecule has 1 aliphatic rings. The minimum atomic E-state index is -0.207. The number of carbonyl (C=O) groups is 1. The van der Waals surface area contributed by atoms with Gasteiger partial charge in [-0.25, -0.2) is 0 Å². The van der Waals surface area contributed by atoms with Crippen molar-refractivity contribution in [3.63, 3.8) is 0 Å². The number of benzene rings is 1. The first-order valence-corrected chi connectivity index (χ1v) is 10.1. The minimum absolute atomic E-state index is 0.0389. The van der Waals surface area contributed by atoms with E-state index in [9.17, 15) is 9.59 Å². The van der Waals surface area contributed by atoms with Gasteiger partial charge in [-0.3, -0.25) is 14.6 Å². The average Bonchev–Trinajstić information content (AvgIpc) is 2.82. The molecule has 0 radical (unpaired) electrons. The van der Waals surface area contributed by atoms with Crippen LogP contribution in [-0.4, -0.2) is 55.2 Å². The number of hydrogen-bond donors (Lipinski definition) is 1. The van der Waals surface area contributed by atoms with E-state index in [4.69, 9.17) is 14.2 Å². The summed E-state index contributed by atoms with van der Waals surface area (Å²) in [6, 6.07) is 8.98. The second-order valence-electron chi connectivity index (χ2n) is 7.50. The lowest BCUT2D eigenvalue weighted by molar-refractivity contribution is 0.0705. The number of rotatable bonds is 5. The summed E-state index contributed by atoms with van der Waals surface area (Å²) in [5.41, 5.74) is 1.51. The number of pyridine rings is 2. The molecule has 0 unspecified atom stereocenters. The van der Waals surface area contributed by atoms with E-state index in [-0.39, 0.29) is 17.4 Å². The monoisotopic (exact) mass is 423 g/mol. The maximum Gasteiger partial charge on any atom is 0.274 e. The number of hydrogen-bond acceptors (Lipinski definition) is 6. The number of H-pyrrole nitrogens is 1. The van der Waals surface area contributed by atoms with Crippen LogP contribution in [-0.2, 0) is 0 Å². The van der Waals surface area contributed by atoms with Crippen LogP contribution >= 0.6 is 0 Å². The van der Waals surface area contributed by atoms with E-state index in [1.165, 1.54) is 21.3 Å². The number of carbonyl (C=O) groups excluding carboxylic acids is 1. The fraction of sp³-hybridized carbons (Fsp3) is 0.348. The standard InChI is InChI=1S/C23H25N3O5/c1-29-18-11-16(12-19(30-2)21(18)31-3)23(28)26-9-5-7-15(13-26)17-10-14-6-4-8-24-20(14)22(27)25-17/h4,6,8,10-12,15H,5,7,9,13H2,1-3H3,(H,25,27)/t15-/m0/s1. The van der Waals surface area contributed by atoms with Gasteiger partial charge in [0, 0.05) is 41.8 Å². The molecule has 1 atom stereocenters. The molecular formula is C23H25N3O5. The maximum absolute atomic E-state index is 13.3. The predicted octanol–water partition coefficient (Wildman–Crippen LogP) is 2.97. The Labute approximate surface area is 179 Å². The number of amides is 1. The van der Waals surface area contributed by atoms with Crippen molar-refractivity contribution in [1.82, 2.24) is 14.9 Å². The molecule has 0 saturated carbocycles. The third kappa shape index (κ3) is 3.93. The number of likely N-dealkylation sites (tertiary alicyclic amines) is 1. The van der Waals surface area contributed by atoms with E-state index in [2.05, 4.69) is 9.97 Å². The summed E-state index contributed by atoms with van der Waals surface area (Å²) in [7, 11) is 4.57. The van der Waals surface area contributed by atoms with E-state index in [0.717, 1.165) is 23.9 Å². The number of ether oxygens (including phenoxy) is 3. The molecule has 0 aliphatic carbocycles. The Bertz CT molecular complexity index is 1150. The summed E-state index contributed by atoms with van der Waals surface area (Å²) in [5.74, 6) is 1.24. The van der Waals surface area contributed by atoms with Crippen molar-refractivity contribution in [1.29, 1.82) is 0 Å². The summed E-state index contributed by atoms with van der Waals surface area (Å²) in [4.78, 5) is 34.6. The Morgan fingerprint density at radius 1 is 1.13 bits per heavy atom. The van der Waals surface area contributed by atoms with Gasteiger partial charge in [-0.15, -0.1) is 0 Å². The quantitative estimate of drug-likeness (QED) is 0.678. The predicted molar refractivity (Wildman–Crippen MR) is 116 cm³/mol. The minimum Gasteiger partial charge on any atom is -0.493 e. The lowest BCUT2D eigenvalue weighted by Crippen LogP contribution is -2.39. The van der Waals surface area contributed by atoms with Crippen LogP contribution in [0, 0.1) is 0 Å². The molecule has 3 heterocycles. The van der Waals surface area contributed by atoms with E-state index in [1.807, 2.05) is 18.2 Å². The zero-order valence-electron chi connectivity index (χ0n) is 17.8. The van der Waals surface area contributed by atoms with Gasteiger partial charge in [0.1, 0.15) is 5.52 Å². The van der Waals surface area contributed by atoms with Crippen molar-refractivity contribution in [2.75, 3.05) is 34.4 Å².